The molecule has 3 aromatic carbocycles. The molecule has 2 heterocycles. The van der Waals surface area contributed by atoms with Crippen molar-refractivity contribution in [3.05, 3.63) is 89.7 Å². The third-order valence-corrected chi connectivity index (χ3v) is 6.48. The maximum Gasteiger partial charge on any atom is 0.227 e. The summed E-state index contributed by atoms with van der Waals surface area (Å²) in [6.07, 6.45) is 0.259. The van der Waals surface area contributed by atoms with Gasteiger partial charge in [-0.25, -0.2) is 4.39 Å². The Morgan fingerprint density at radius 1 is 1.00 bits per heavy atom. The van der Waals surface area contributed by atoms with E-state index < -0.39 is 0 Å². The molecular formula is C28H25ClFN5O. The highest BCUT2D eigenvalue weighted by molar-refractivity contribution is 6.00. The Morgan fingerprint density at radius 3 is 2.36 bits per heavy atom. The van der Waals surface area contributed by atoms with Crippen molar-refractivity contribution in [2.75, 3.05) is 24.5 Å². The number of benzene rings is 3. The van der Waals surface area contributed by atoms with Crippen LogP contribution in [0.2, 0.25) is 0 Å². The lowest BCUT2D eigenvalue weighted by molar-refractivity contribution is -0.131. The van der Waals surface area contributed by atoms with Crippen molar-refractivity contribution >= 4 is 34.9 Å². The van der Waals surface area contributed by atoms with Gasteiger partial charge in [0.05, 0.1) is 18.1 Å². The molecule has 6 nitrogen and oxygen atoms in total. The van der Waals surface area contributed by atoms with Crippen LogP contribution in [-0.2, 0) is 11.2 Å². The van der Waals surface area contributed by atoms with Crippen molar-refractivity contribution < 1.29 is 9.18 Å². The average Bonchev–Trinajstić information content (AvgIpc) is 2.89. The Bertz CT molecular complexity index is 1420. The van der Waals surface area contributed by atoms with Crippen molar-refractivity contribution in [1.29, 1.82) is 5.26 Å². The molecule has 36 heavy (non-hydrogen) atoms. The molecule has 182 valence electrons. The standard InChI is InChI=1S/C28H24FN5O.ClH/c1-19-18-33(26(35)16-20-8-12-23(29)13-9-20)14-15-34(19)28-25-5-3-2-4-24(25)27(31-32-28)22-10-6-21(17-30)7-11-22;/h2-13,19H,14-16,18H2,1H3;1H/t19-;/m0./s1. The summed E-state index contributed by atoms with van der Waals surface area (Å²) in [4.78, 5) is 16.9. The van der Waals surface area contributed by atoms with Crippen molar-refractivity contribution in [3.8, 4) is 17.3 Å². The first kappa shape index (κ1) is 25.1. The van der Waals surface area contributed by atoms with Crippen LogP contribution in [-0.4, -0.2) is 46.7 Å². The number of hydrogen-bond donors (Lipinski definition) is 0. The molecule has 0 spiro atoms. The van der Waals surface area contributed by atoms with Crippen LogP contribution in [0.5, 0.6) is 0 Å². The van der Waals surface area contributed by atoms with Gasteiger partial charge in [0.15, 0.2) is 5.82 Å². The van der Waals surface area contributed by atoms with Gasteiger partial charge in [-0.3, -0.25) is 4.79 Å². The maximum atomic E-state index is 13.2. The van der Waals surface area contributed by atoms with Crippen molar-refractivity contribution in [2.24, 2.45) is 0 Å². The summed E-state index contributed by atoms with van der Waals surface area (Å²) in [5, 5.41) is 20.3. The van der Waals surface area contributed by atoms with Gasteiger partial charge in [0, 0.05) is 42.0 Å². The van der Waals surface area contributed by atoms with E-state index in [1.165, 1.54) is 12.1 Å². The zero-order chi connectivity index (χ0) is 24.4. The molecule has 1 fully saturated rings. The number of aromatic nitrogens is 2. The van der Waals surface area contributed by atoms with Gasteiger partial charge >= 0.3 is 0 Å². The zero-order valence-electron chi connectivity index (χ0n) is 19.8. The number of piperazine rings is 1. The Labute approximate surface area is 215 Å². The molecule has 1 aliphatic heterocycles. The van der Waals surface area contributed by atoms with Gasteiger partial charge in [0.25, 0.3) is 0 Å². The third-order valence-electron chi connectivity index (χ3n) is 6.48. The van der Waals surface area contributed by atoms with Crippen LogP contribution in [0.1, 0.15) is 18.1 Å². The lowest BCUT2D eigenvalue weighted by Gasteiger charge is -2.40. The van der Waals surface area contributed by atoms with E-state index in [1.54, 1.807) is 24.3 Å². The summed E-state index contributed by atoms with van der Waals surface area (Å²) < 4.78 is 13.2. The number of nitriles is 1. The van der Waals surface area contributed by atoms with E-state index in [1.807, 2.05) is 41.3 Å². The highest BCUT2D eigenvalue weighted by atomic mass is 35.5. The molecule has 8 heteroatoms. The van der Waals surface area contributed by atoms with Crippen molar-refractivity contribution in [1.82, 2.24) is 15.1 Å². The van der Waals surface area contributed by atoms with E-state index in [2.05, 4.69) is 28.1 Å². The predicted molar refractivity (Wildman–Crippen MR) is 140 cm³/mol. The van der Waals surface area contributed by atoms with Gasteiger partial charge in [0.1, 0.15) is 11.5 Å². The largest absolute Gasteiger partial charge is 0.348 e. The minimum absolute atomic E-state index is 0. The summed E-state index contributed by atoms with van der Waals surface area (Å²) in [6.45, 7) is 3.89. The summed E-state index contributed by atoms with van der Waals surface area (Å²) in [5.41, 5.74) is 3.09. The molecule has 1 saturated heterocycles. The van der Waals surface area contributed by atoms with E-state index in [9.17, 15) is 9.18 Å². The summed E-state index contributed by atoms with van der Waals surface area (Å²) >= 11 is 0. The monoisotopic (exact) mass is 501 g/mol. The molecule has 0 N–H and O–H groups in total. The number of halogens is 2. The number of nitrogens with zero attached hydrogens (tertiary/aromatic N) is 5. The number of anilines is 1. The van der Waals surface area contributed by atoms with Crippen molar-refractivity contribution in [3.63, 3.8) is 0 Å². The average molecular weight is 502 g/mol. The van der Waals surface area contributed by atoms with E-state index in [-0.39, 0.29) is 36.6 Å². The fraction of sp³-hybridized carbons (Fsp3) is 0.214. The highest BCUT2D eigenvalue weighted by Crippen LogP contribution is 2.33. The van der Waals surface area contributed by atoms with Crippen LogP contribution in [0, 0.1) is 17.1 Å². The minimum Gasteiger partial charge on any atom is -0.348 e. The number of carbonyl (C=O) groups excluding carboxylic acids is 1. The van der Waals surface area contributed by atoms with Crippen LogP contribution in [0.3, 0.4) is 0 Å². The number of amides is 1. The fourth-order valence-corrected chi connectivity index (χ4v) is 4.61. The van der Waals surface area contributed by atoms with Gasteiger partial charge < -0.3 is 9.80 Å². The molecule has 0 aliphatic carbocycles. The van der Waals surface area contributed by atoms with Crippen LogP contribution in [0.25, 0.3) is 22.0 Å². The number of rotatable bonds is 4. The normalized spacial score (nSPS) is 15.3. The molecule has 0 unspecified atom stereocenters. The smallest absolute Gasteiger partial charge is 0.227 e. The Morgan fingerprint density at radius 2 is 1.69 bits per heavy atom. The number of carbonyl (C=O) groups is 1. The Balaban J connectivity index is 0.00000304. The van der Waals surface area contributed by atoms with Gasteiger partial charge in [-0.2, -0.15) is 5.26 Å². The quantitative estimate of drug-likeness (QED) is 0.393. The lowest BCUT2D eigenvalue weighted by Crippen LogP contribution is -2.54. The second-order valence-corrected chi connectivity index (χ2v) is 8.79. The lowest BCUT2D eigenvalue weighted by atomic mass is 10.0. The molecule has 1 atom stereocenters. The van der Waals surface area contributed by atoms with Crippen LogP contribution in [0.15, 0.2) is 72.8 Å². The number of fused-ring (bicyclic) bond motifs is 1. The zero-order valence-corrected chi connectivity index (χ0v) is 20.6. The molecule has 5 rings (SSSR count). The summed E-state index contributed by atoms with van der Waals surface area (Å²) in [7, 11) is 0. The van der Waals surface area contributed by atoms with Gasteiger partial charge in [0.2, 0.25) is 5.91 Å². The molecule has 1 amide bonds. The summed E-state index contributed by atoms with van der Waals surface area (Å²) in [5.74, 6) is 0.535. The Hall–Kier alpha value is -4.02. The molecule has 0 saturated carbocycles. The second kappa shape index (κ2) is 10.7. The van der Waals surface area contributed by atoms with Gasteiger partial charge in [-0.15, -0.1) is 22.6 Å². The first-order valence-corrected chi connectivity index (χ1v) is 11.6. The SMILES string of the molecule is C[C@H]1CN(C(=O)Cc2ccc(F)cc2)CCN1c1nnc(-c2ccc(C#N)cc2)c2ccccc12.Cl. The van der Waals surface area contributed by atoms with Gasteiger partial charge in [-0.1, -0.05) is 48.5 Å². The van der Waals surface area contributed by atoms with Crippen LogP contribution >= 0.6 is 12.4 Å². The van der Waals surface area contributed by atoms with E-state index in [0.29, 0.717) is 25.2 Å². The first-order valence-electron chi connectivity index (χ1n) is 11.6. The summed E-state index contributed by atoms with van der Waals surface area (Å²) in [6, 6.07) is 23.7. The van der Waals surface area contributed by atoms with Crippen LogP contribution < -0.4 is 4.90 Å². The van der Waals surface area contributed by atoms with E-state index in [4.69, 9.17) is 5.26 Å². The molecule has 0 radical (unpaired) electrons. The maximum absolute atomic E-state index is 13.2. The Kier molecular flexibility index (Phi) is 7.47. The molecule has 0 bridgehead atoms. The second-order valence-electron chi connectivity index (χ2n) is 8.79. The number of hydrogen-bond acceptors (Lipinski definition) is 5. The molecule has 1 aromatic heterocycles. The molecule has 1 aliphatic rings. The highest BCUT2D eigenvalue weighted by Gasteiger charge is 2.29. The topological polar surface area (TPSA) is 73.1 Å². The third kappa shape index (κ3) is 5.00. The van der Waals surface area contributed by atoms with E-state index >= 15 is 0 Å². The first-order chi connectivity index (χ1) is 17.0. The van der Waals surface area contributed by atoms with Crippen LogP contribution in [0.4, 0.5) is 10.2 Å². The van der Waals surface area contributed by atoms with E-state index in [0.717, 1.165) is 33.4 Å². The molecular weight excluding hydrogens is 477 g/mol. The molecule has 4 aromatic rings. The van der Waals surface area contributed by atoms with Gasteiger partial charge in [-0.05, 0) is 36.8 Å². The predicted octanol–water partition coefficient (Wildman–Crippen LogP) is 5.01. The fourth-order valence-electron chi connectivity index (χ4n) is 4.61. The minimum atomic E-state index is -0.304. The van der Waals surface area contributed by atoms with Crippen molar-refractivity contribution in [2.45, 2.75) is 19.4 Å².